The summed E-state index contributed by atoms with van der Waals surface area (Å²) < 4.78 is 60.6. The van der Waals surface area contributed by atoms with Gasteiger partial charge in [-0.3, -0.25) is 0 Å². The van der Waals surface area contributed by atoms with Crippen LogP contribution in [0.25, 0.3) is 33.0 Å². The van der Waals surface area contributed by atoms with E-state index in [2.05, 4.69) is 60.7 Å². The summed E-state index contributed by atoms with van der Waals surface area (Å²) in [5, 5.41) is 2.75. The Balaban J connectivity index is 0.000000145. The molecule has 0 saturated carbocycles. The molecule has 0 fully saturated rings. The molecule has 0 atom stereocenters. The second-order valence-corrected chi connectivity index (χ2v) is 7.22. The lowest BCUT2D eigenvalue weighted by Crippen LogP contribution is -2.03. The first-order valence-corrected chi connectivity index (χ1v) is 9.28. The van der Waals surface area contributed by atoms with Gasteiger partial charge in [-0.25, -0.2) is 22.0 Å². The zero-order valence-corrected chi connectivity index (χ0v) is 16.2. The van der Waals surface area contributed by atoms with E-state index in [0.717, 1.165) is 22.6 Å². The van der Waals surface area contributed by atoms with Crippen LogP contribution in [0.4, 0.5) is 22.0 Å². The number of benzene rings is 4. The highest BCUT2D eigenvalue weighted by atomic mass is 127. The number of halogens is 6. The fraction of sp³-hybridized carbons (Fsp3) is 0. The van der Waals surface area contributed by atoms with E-state index in [1.165, 1.54) is 33.0 Å². The van der Waals surface area contributed by atoms with Gasteiger partial charge in [0.05, 0.1) is 3.57 Å². The lowest BCUT2D eigenvalue weighted by atomic mass is 10.0. The van der Waals surface area contributed by atoms with Crippen LogP contribution in [0.2, 0.25) is 0 Å². The van der Waals surface area contributed by atoms with Crippen LogP contribution in [0.15, 0.2) is 60.7 Å². The molecule has 0 aliphatic heterocycles. The number of hydrogen-bond donors (Lipinski definition) is 0. The van der Waals surface area contributed by atoms with Crippen LogP contribution in [0, 0.1) is 32.7 Å². The summed E-state index contributed by atoms with van der Waals surface area (Å²) in [5.74, 6) is -9.57. The van der Waals surface area contributed by atoms with Crippen molar-refractivity contribution in [1.29, 1.82) is 0 Å². The van der Waals surface area contributed by atoms with Gasteiger partial charge in [0.1, 0.15) is 0 Å². The predicted molar refractivity (Wildman–Crippen MR) is 107 cm³/mol. The van der Waals surface area contributed by atoms with E-state index in [-0.39, 0.29) is 0 Å². The largest absolute Gasteiger partial charge is 0.202 e. The minimum atomic E-state index is -2.13. The van der Waals surface area contributed by atoms with Gasteiger partial charge in [-0.1, -0.05) is 60.7 Å². The summed E-state index contributed by atoms with van der Waals surface area (Å²) in [6.45, 7) is 0. The van der Waals surface area contributed by atoms with E-state index >= 15 is 0 Å². The Bertz CT molecular complexity index is 1070. The lowest BCUT2D eigenvalue weighted by Gasteiger charge is -2.00. The molecule has 0 amide bonds. The van der Waals surface area contributed by atoms with Crippen LogP contribution in [0.3, 0.4) is 0 Å². The third-order valence-electron chi connectivity index (χ3n) is 4.57. The fourth-order valence-electron chi connectivity index (χ4n) is 3.32. The molecule has 0 aromatic heterocycles. The third-order valence-corrected chi connectivity index (χ3v) is 5.52. The molecule has 1 aliphatic rings. The first kappa shape index (κ1) is 18.9. The van der Waals surface area contributed by atoms with Gasteiger partial charge in [0.15, 0.2) is 23.3 Å². The molecule has 0 unspecified atom stereocenters. The molecule has 28 heavy (non-hydrogen) atoms. The zero-order valence-electron chi connectivity index (χ0n) is 14.0. The minimum Gasteiger partial charge on any atom is -0.202 e. The molecule has 0 radical (unpaired) electrons. The van der Waals surface area contributed by atoms with Gasteiger partial charge in [0, 0.05) is 0 Å². The summed E-state index contributed by atoms with van der Waals surface area (Å²) >= 11 is 1.04. The molecule has 4 aromatic carbocycles. The van der Waals surface area contributed by atoms with Gasteiger partial charge >= 0.3 is 0 Å². The van der Waals surface area contributed by atoms with E-state index in [9.17, 15) is 22.0 Å². The van der Waals surface area contributed by atoms with Crippen LogP contribution in [0.5, 0.6) is 0 Å². The quantitative estimate of drug-likeness (QED) is 0.0903. The number of fused-ring (bicyclic) bond motifs is 3. The van der Waals surface area contributed by atoms with Gasteiger partial charge < -0.3 is 0 Å². The van der Waals surface area contributed by atoms with Crippen molar-refractivity contribution in [1.82, 2.24) is 0 Å². The Hall–Kier alpha value is -2.48. The molecule has 0 nitrogen and oxygen atoms in total. The van der Waals surface area contributed by atoms with Crippen LogP contribution in [-0.2, 0) is 0 Å². The summed E-state index contributed by atoms with van der Waals surface area (Å²) in [5.41, 5.74) is 5.50. The second kappa shape index (κ2) is 7.16. The van der Waals surface area contributed by atoms with Crippen molar-refractivity contribution >= 4 is 33.4 Å². The Morgan fingerprint density at radius 2 is 0.857 bits per heavy atom. The summed E-state index contributed by atoms with van der Waals surface area (Å²) in [4.78, 5) is 0. The molecule has 0 N–H and O–H groups in total. The minimum absolute atomic E-state index is 0.899. The van der Waals surface area contributed by atoms with Crippen LogP contribution in [-0.4, -0.2) is 0 Å². The van der Waals surface area contributed by atoms with Crippen molar-refractivity contribution in [2.45, 2.75) is 0 Å². The van der Waals surface area contributed by atoms with Crippen LogP contribution < -0.4 is 0 Å². The topological polar surface area (TPSA) is 0 Å². The van der Waals surface area contributed by atoms with E-state index in [1.54, 1.807) is 0 Å². The smallest absolute Gasteiger partial charge is 0.200 e. The molecule has 4 aromatic rings. The van der Waals surface area contributed by atoms with Gasteiger partial charge in [0.2, 0.25) is 5.82 Å². The van der Waals surface area contributed by atoms with Crippen molar-refractivity contribution in [3.63, 3.8) is 0 Å². The van der Waals surface area contributed by atoms with Gasteiger partial charge in [-0.15, -0.1) is 0 Å². The molecule has 140 valence electrons. The number of rotatable bonds is 0. The van der Waals surface area contributed by atoms with Crippen LogP contribution >= 0.6 is 22.6 Å². The van der Waals surface area contributed by atoms with Crippen molar-refractivity contribution in [2.75, 3.05) is 0 Å². The monoisotopic (exact) mass is 496 g/mol. The highest BCUT2D eigenvalue weighted by molar-refractivity contribution is 14.1. The summed E-state index contributed by atoms with van der Waals surface area (Å²) in [6, 6.07) is 21.8. The van der Waals surface area contributed by atoms with E-state index in [1.807, 2.05) is 0 Å². The van der Waals surface area contributed by atoms with Gasteiger partial charge in [-0.05, 0) is 55.6 Å². The highest BCUT2D eigenvalue weighted by Gasteiger charge is 2.23. The molecule has 1 aliphatic carbocycles. The standard InChI is InChI=1S/C16H10.C6F5I/c1-2-8-13-12(7-1)14-9-3-5-11-6-4-10-15(13)16(11)14;7-1-2(8)4(10)6(12)5(11)3(1)9/h1-10H;. The van der Waals surface area contributed by atoms with Crippen molar-refractivity contribution < 1.29 is 22.0 Å². The maximum atomic E-state index is 12.4. The van der Waals surface area contributed by atoms with E-state index in [4.69, 9.17) is 0 Å². The lowest BCUT2D eigenvalue weighted by molar-refractivity contribution is 0.373. The van der Waals surface area contributed by atoms with Gasteiger partial charge in [0.25, 0.3) is 0 Å². The molecule has 0 saturated heterocycles. The van der Waals surface area contributed by atoms with Crippen molar-refractivity contribution in [3.8, 4) is 22.3 Å². The molecule has 0 bridgehead atoms. The maximum absolute atomic E-state index is 12.4. The normalized spacial score (nSPS) is 11.2. The summed E-state index contributed by atoms with van der Waals surface area (Å²) in [6.07, 6.45) is 0. The van der Waals surface area contributed by atoms with Crippen molar-refractivity contribution in [2.24, 2.45) is 0 Å². The first-order valence-electron chi connectivity index (χ1n) is 8.20. The molecule has 5 rings (SSSR count). The average molecular weight is 496 g/mol. The maximum Gasteiger partial charge on any atom is 0.200 e. The second-order valence-electron chi connectivity index (χ2n) is 6.14. The van der Waals surface area contributed by atoms with Gasteiger partial charge in [-0.2, -0.15) is 0 Å². The average Bonchev–Trinajstić information content (AvgIpc) is 3.06. The SMILES string of the molecule is Fc1c(F)c(F)c(I)c(F)c1F.c1ccc2c(c1)-c1cccc3cccc-2c13. The molecular weight excluding hydrogens is 486 g/mol. The Labute approximate surface area is 170 Å². The molecular formula is C22H10F5I. The molecule has 6 heteroatoms. The van der Waals surface area contributed by atoms with E-state index < -0.39 is 32.7 Å². The highest BCUT2D eigenvalue weighted by Crippen LogP contribution is 2.46. The van der Waals surface area contributed by atoms with Crippen molar-refractivity contribution in [3.05, 3.63) is 93.3 Å². The Morgan fingerprint density at radius 1 is 0.464 bits per heavy atom. The molecule has 0 heterocycles. The first-order chi connectivity index (χ1) is 13.4. The Morgan fingerprint density at radius 3 is 1.32 bits per heavy atom. The fourth-order valence-corrected chi connectivity index (χ4v) is 3.79. The van der Waals surface area contributed by atoms with E-state index in [0.29, 0.717) is 0 Å². The molecule has 0 spiro atoms. The zero-order chi connectivity index (χ0) is 20.0. The Kier molecular flexibility index (Phi) is 4.82. The summed E-state index contributed by atoms with van der Waals surface area (Å²) in [7, 11) is 0. The predicted octanol–water partition coefficient (Wildman–Crippen LogP) is 7.47. The number of hydrogen-bond acceptors (Lipinski definition) is 0. The van der Waals surface area contributed by atoms with Crippen LogP contribution in [0.1, 0.15) is 0 Å². The third kappa shape index (κ3) is 2.87.